The molecule has 5 aliphatic rings. The van der Waals surface area contributed by atoms with Crippen molar-refractivity contribution in [3.63, 3.8) is 0 Å². The molecular weight excluding hydrogens is 470 g/mol. The van der Waals surface area contributed by atoms with Crippen LogP contribution in [0.25, 0.3) is 0 Å². The van der Waals surface area contributed by atoms with Crippen molar-refractivity contribution in [3.05, 3.63) is 70.3 Å². The first kappa shape index (κ1) is 25.6. The summed E-state index contributed by atoms with van der Waals surface area (Å²) in [6, 6.07) is 10.6. The summed E-state index contributed by atoms with van der Waals surface area (Å²) in [4.78, 5) is 0. The first-order valence-corrected chi connectivity index (χ1v) is 14.3. The third-order valence-corrected chi connectivity index (χ3v) is 10.0. The molecule has 3 fully saturated rings. The van der Waals surface area contributed by atoms with E-state index in [9.17, 15) is 5.11 Å². The fourth-order valence-corrected chi connectivity index (χ4v) is 8.00. The van der Waals surface area contributed by atoms with Crippen molar-refractivity contribution in [2.45, 2.75) is 83.5 Å². The second kappa shape index (κ2) is 9.53. The van der Waals surface area contributed by atoms with Gasteiger partial charge in [0.15, 0.2) is 5.79 Å². The topological polar surface area (TPSA) is 62.5 Å². The van der Waals surface area contributed by atoms with Gasteiger partial charge in [-0.3, -0.25) is 0 Å². The summed E-state index contributed by atoms with van der Waals surface area (Å²) in [6.45, 7) is 8.21. The maximum absolute atomic E-state index is 11.2. The standard InChI is InChI=1S/C34H39NO3/c1-32(2)21-37-34(38-22-32)17-16-26-25(19-34)12-13-27-29-14-15-30(36)33(29,3)20-28(31(26)27)24-10-8-23(9-11-24)7-5-4-6-18-35/h4,6,8-11,19,27-30,36H,12-17,20-22H2,1-3H3/b6-4-/t27?,28-,29?,30?,33?/m1/s1. The van der Waals surface area contributed by atoms with Gasteiger partial charge in [0.25, 0.3) is 0 Å². The minimum Gasteiger partial charge on any atom is -0.393 e. The Bertz CT molecular complexity index is 1290. The minimum absolute atomic E-state index is 0.0434. The van der Waals surface area contributed by atoms with Crippen LogP contribution in [0.5, 0.6) is 0 Å². The minimum atomic E-state index is -0.565. The van der Waals surface area contributed by atoms with Gasteiger partial charge in [0.05, 0.1) is 25.4 Å². The second-order valence-corrected chi connectivity index (χ2v) is 13.1. The highest BCUT2D eigenvalue weighted by Gasteiger charge is 2.56. The monoisotopic (exact) mass is 509 g/mol. The number of nitriles is 1. The highest BCUT2D eigenvalue weighted by atomic mass is 16.7. The number of nitrogens with zero attached hydrogens (tertiary/aromatic N) is 1. The van der Waals surface area contributed by atoms with E-state index in [2.05, 4.69) is 63.0 Å². The van der Waals surface area contributed by atoms with Crippen LogP contribution in [0.4, 0.5) is 0 Å². The molecule has 0 amide bonds. The van der Waals surface area contributed by atoms with E-state index in [1.807, 2.05) is 6.07 Å². The van der Waals surface area contributed by atoms with Gasteiger partial charge in [-0.25, -0.2) is 0 Å². The highest BCUT2D eigenvalue weighted by molar-refractivity contribution is 5.50. The summed E-state index contributed by atoms with van der Waals surface area (Å²) in [5, 5.41) is 19.8. The van der Waals surface area contributed by atoms with Crippen LogP contribution in [0, 0.1) is 45.8 Å². The van der Waals surface area contributed by atoms with Crippen LogP contribution in [-0.4, -0.2) is 30.2 Å². The fourth-order valence-electron chi connectivity index (χ4n) is 8.00. The number of hydrogen-bond donors (Lipinski definition) is 1. The molecule has 0 aromatic heterocycles. The number of rotatable bonds is 1. The number of aliphatic hydroxyl groups is 1. The van der Waals surface area contributed by atoms with E-state index in [0.717, 1.165) is 63.7 Å². The SMILES string of the molecule is CC1(C)COC2(C=C3CCC4C(=C3CC2)[C@@H](c2ccc(C#C/C=C\C#N)cc2)CC2(C)C(O)CCC42)OC1. The van der Waals surface area contributed by atoms with Gasteiger partial charge in [0.2, 0.25) is 0 Å². The van der Waals surface area contributed by atoms with Crippen LogP contribution >= 0.6 is 0 Å². The molecule has 0 radical (unpaired) electrons. The van der Waals surface area contributed by atoms with Crippen molar-refractivity contribution in [2.75, 3.05) is 13.2 Å². The molecule has 4 nitrogen and oxygen atoms in total. The van der Waals surface area contributed by atoms with Crippen molar-refractivity contribution >= 4 is 0 Å². The van der Waals surface area contributed by atoms with E-state index in [-0.39, 0.29) is 16.9 Å². The van der Waals surface area contributed by atoms with Crippen LogP contribution in [0.15, 0.2) is 59.2 Å². The zero-order valence-electron chi connectivity index (χ0n) is 22.9. The van der Waals surface area contributed by atoms with Gasteiger partial charge in [-0.05, 0) is 96.8 Å². The molecular formula is C34H39NO3. The summed E-state index contributed by atoms with van der Waals surface area (Å²) >= 11 is 0. The molecule has 1 heterocycles. The molecule has 4 aliphatic carbocycles. The number of ether oxygens (including phenoxy) is 2. The van der Waals surface area contributed by atoms with Gasteiger partial charge in [0.1, 0.15) is 0 Å². The number of fused-ring (bicyclic) bond motifs is 4. The third kappa shape index (κ3) is 4.38. The van der Waals surface area contributed by atoms with E-state index in [1.165, 1.54) is 17.2 Å². The van der Waals surface area contributed by atoms with Crippen LogP contribution in [0.3, 0.4) is 0 Å². The Kier molecular flexibility index (Phi) is 6.43. The normalized spacial score (nSPS) is 35.0. The quantitative estimate of drug-likeness (QED) is 0.343. The van der Waals surface area contributed by atoms with Gasteiger partial charge in [-0.2, -0.15) is 5.26 Å². The maximum Gasteiger partial charge on any atom is 0.188 e. The van der Waals surface area contributed by atoms with Gasteiger partial charge in [-0.1, -0.05) is 50.3 Å². The van der Waals surface area contributed by atoms with Gasteiger partial charge >= 0.3 is 0 Å². The van der Waals surface area contributed by atoms with Gasteiger partial charge in [-0.15, -0.1) is 0 Å². The Morgan fingerprint density at radius 1 is 1.00 bits per heavy atom. The molecule has 198 valence electrons. The van der Waals surface area contributed by atoms with Crippen molar-refractivity contribution in [3.8, 4) is 17.9 Å². The summed E-state index contributed by atoms with van der Waals surface area (Å²) in [6.07, 6.45) is 12.2. The maximum atomic E-state index is 11.2. The van der Waals surface area contributed by atoms with E-state index >= 15 is 0 Å². The molecule has 1 aliphatic heterocycles. The predicted molar refractivity (Wildman–Crippen MR) is 148 cm³/mol. The van der Waals surface area contributed by atoms with Gasteiger partial charge in [0, 0.05) is 29.4 Å². The Labute approximate surface area is 227 Å². The van der Waals surface area contributed by atoms with Crippen LogP contribution in [0.1, 0.15) is 82.8 Å². The van der Waals surface area contributed by atoms with Crippen LogP contribution < -0.4 is 0 Å². The Morgan fingerprint density at radius 3 is 2.50 bits per heavy atom. The average Bonchev–Trinajstić information content (AvgIpc) is 3.22. The Morgan fingerprint density at radius 2 is 1.76 bits per heavy atom. The molecule has 2 saturated carbocycles. The lowest BCUT2D eigenvalue weighted by Crippen LogP contribution is -2.49. The highest BCUT2D eigenvalue weighted by Crippen LogP contribution is 2.64. The van der Waals surface area contributed by atoms with Crippen molar-refractivity contribution in [2.24, 2.45) is 22.7 Å². The van der Waals surface area contributed by atoms with E-state index < -0.39 is 5.79 Å². The number of hydrogen-bond acceptors (Lipinski definition) is 4. The molecule has 0 bridgehead atoms. The Hall–Kier alpha value is -2.63. The third-order valence-electron chi connectivity index (χ3n) is 10.0. The lowest BCUT2D eigenvalue weighted by molar-refractivity contribution is -0.275. The molecule has 1 N–H and O–H groups in total. The molecule has 4 unspecified atom stereocenters. The van der Waals surface area contributed by atoms with Crippen molar-refractivity contribution in [1.82, 2.24) is 0 Å². The molecule has 5 atom stereocenters. The van der Waals surface area contributed by atoms with Gasteiger partial charge < -0.3 is 14.6 Å². The second-order valence-electron chi connectivity index (χ2n) is 13.1. The first-order valence-electron chi connectivity index (χ1n) is 14.3. The molecule has 1 saturated heterocycles. The lowest BCUT2D eigenvalue weighted by atomic mass is 9.53. The summed E-state index contributed by atoms with van der Waals surface area (Å²) < 4.78 is 12.8. The summed E-state index contributed by atoms with van der Waals surface area (Å²) in [5.74, 6) is 6.87. The van der Waals surface area contributed by atoms with Crippen molar-refractivity contribution in [1.29, 1.82) is 5.26 Å². The van der Waals surface area contributed by atoms with Crippen LogP contribution in [0.2, 0.25) is 0 Å². The smallest absolute Gasteiger partial charge is 0.188 e. The number of aliphatic hydroxyl groups excluding tert-OH is 1. The zero-order chi connectivity index (χ0) is 26.5. The number of benzene rings is 1. The summed E-state index contributed by atoms with van der Waals surface area (Å²) in [5.41, 5.74) is 6.89. The molecule has 6 rings (SSSR count). The first-order chi connectivity index (χ1) is 18.2. The van der Waals surface area contributed by atoms with E-state index in [4.69, 9.17) is 14.7 Å². The molecule has 38 heavy (non-hydrogen) atoms. The molecule has 1 spiro atoms. The summed E-state index contributed by atoms with van der Waals surface area (Å²) in [7, 11) is 0. The van der Waals surface area contributed by atoms with E-state index in [1.54, 1.807) is 17.2 Å². The molecule has 1 aromatic carbocycles. The lowest BCUT2D eigenvalue weighted by Gasteiger charge is -2.53. The largest absolute Gasteiger partial charge is 0.393 e. The predicted octanol–water partition coefficient (Wildman–Crippen LogP) is 6.58. The zero-order valence-corrected chi connectivity index (χ0v) is 22.9. The van der Waals surface area contributed by atoms with Crippen molar-refractivity contribution < 1.29 is 14.6 Å². The number of allylic oxidation sites excluding steroid dienone is 5. The molecule has 4 heteroatoms. The average molecular weight is 510 g/mol. The molecule has 1 aromatic rings. The fraction of sp³-hybridized carbons (Fsp3) is 0.559. The van der Waals surface area contributed by atoms with Crippen LogP contribution in [-0.2, 0) is 9.47 Å². The Balaban J connectivity index is 1.38. The van der Waals surface area contributed by atoms with E-state index in [0.29, 0.717) is 17.8 Å².